The minimum absolute atomic E-state index is 0.0334. The van der Waals surface area contributed by atoms with Crippen molar-refractivity contribution in [2.75, 3.05) is 7.11 Å². The number of hydrogen-bond acceptors (Lipinski definition) is 5. The molecule has 3 aromatic rings. The molecule has 0 saturated carbocycles. The molecule has 0 aliphatic heterocycles. The van der Waals surface area contributed by atoms with Crippen LogP contribution in [-0.4, -0.2) is 26.6 Å². The molecule has 0 atom stereocenters. The topological polar surface area (TPSA) is 82.6 Å². The maximum atomic E-state index is 10.7. The molecule has 0 radical (unpaired) electrons. The van der Waals surface area contributed by atoms with Gasteiger partial charge >= 0.3 is 0 Å². The second-order valence-electron chi connectivity index (χ2n) is 4.08. The summed E-state index contributed by atoms with van der Waals surface area (Å²) >= 11 is 0. The number of hydrogen-bond donors (Lipinski definition) is 0. The molecule has 0 aliphatic carbocycles. The lowest BCUT2D eigenvalue weighted by atomic mass is 10.2. The molecule has 7 heteroatoms. The van der Waals surface area contributed by atoms with E-state index >= 15 is 0 Å². The summed E-state index contributed by atoms with van der Waals surface area (Å²) in [4.78, 5) is 14.6. The summed E-state index contributed by atoms with van der Waals surface area (Å²) in [5.74, 6) is 1.11. The molecule has 0 unspecified atom stereocenters. The highest BCUT2D eigenvalue weighted by atomic mass is 16.6. The Labute approximate surface area is 113 Å². The van der Waals surface area contributed by atoms with Gasteiger partial charge in [0.1, 0.15) is 11.9 Å². The standard InChI is InChI=1S/C13H10N4O3/c1-20-11-5-3-2-4-10(11)13-14-12-7-6-9(17(18)19)8-16(12)15-13/h2-8H,1H3. The Morgan fingerprint density at radius 1 is 1.25 bits per heavy atom. The van der Waals surface area contributed by atoms with Crippen LogP contribution in [0.3, 0.4) is 0 Å². The van der Waals surface area contributed by atoms with Crippen LogP contribution in [0, 0.1) is 10.1 Å². The maximum absolute atomic E-state index is 10.7. The summed E-state index contributed by atoms with van der Waals surface area (Å²) in [6, 6.07) is 10.3. The van der Waals surface area contributed by atoms with Crippen molar-refractivity contribution in [2.45, 2.75) is 0 Å². The van der Waals surface area contributed by atoms with Crippen molar-refractivity contribution in [1.82, 2.24) is 14.6 Å². The third kappa shape index (κ3) is 1.95. The molecule has 3 rings (SSSR count). The quantitative estimate of drug-likeness (QED) is 0.538. The van der Waals surface area contributed by atoms with E-state index in [2.05, 4.69) is 10.1 Å². The van der Waals surface area contributed by atoms with Gasteiger partial charge in [-0.2, -0.15) is 0 Å². The average Bonchev–Trinajstić information content (AvgIpc) is 2.89. The first kappa shape index (κ1) is 12.1. The van der Waals surface area contributed by atoms with Crippen molar-refractivity contribution in [3.05, 3.63) is 52.7 Å². The fourth-order valence-corrected chi connectivity index (χ4v) is 1.92. The smallest absolute Gasteiger partial charge is 0.287 e. The Morgan fingerprint density at radius 3 is 2.80 bits per heavy atom. The van der Waals surface area contributed by atoms with Gasteiger partial charge in [0.15, 0.2) is 11.5 Å². The Bertz CT molecular complexity index is 797. The molecule has 0 N–H and O–H groups in total. The zero-order valence-corrected chi connectivity index (χ0v) is 10.6. The van der Waals surface area contributed by atoms with Crippen molar-refractivity contribution in [3.63, 3.8) is 0 Å². The summed E-state index contributed by atoms with van der Waals surface area (Å²) in [5, 5.41) is 15.0. The second kappa shape index (κ2) is 4.61. The molecule has 100 valence electrons. The maximum Gasteiger partial charge on any atom is 0.287 e. The number of pyridine rings is 1. The van der Waals surface area contributed by atoms with Gasteiger partial charge in [0, 0.05) is 6.07 Å². The van der Waals surface area contributed by atoms with Crippen molar-refractivity contribution < 1.29 is 9.66 Å². The predicted molar refractivity (Wildman–Crippen MR) is 71.6 cm³/mol. The third-order valence-electron chi connectivity index (χ3n) is 2.87. The van der Waals surface area contributed by atoms with Gasteiger partial charge < -0.3 is 4.74 Å². The van der Waals surface area contributed by atoms with Gasteiger partial charge in [-0.05, 0) is 18.2 Å². The monoisotopic (exact) mass is 270 g/mol. The fourth-order valence-electron chi connectivity index (χ4n) is 1.92. The van der Waals surface area contributed by atoms with Gasteiger partial charge in [0.25, 0.3) is 5.69 Å². The van der Waals surface area contributed by atoms with Gasteiger partial charge in [0.2, 0.25) is 0 Å². The molecule has 0 amide bonds. The molecule has 2 aromatic heterocycles. The molecular formula is C13H10N4O3. The van der Waals surface area contributed by atoms with Crippen molar-refractivity contribution in [2.24, 2.45) is 0 Å². The molecule has 20 heavy (non-hydrogen) atoms. The Hall–Kier alpha value is -2.96. The van der Waals surface area contributed by atoms with Gasteiger partial charge in [-0.15, -0.1) is 5.10 Å². The first-order valence-corrected chi connectivity index (χ1v) is 5.83. The third-order valence-corrected chi connectivity index (χ3v) is 2.87. The normalized spacial score (nSPS) is 10.7. The van der Waals surface area contributed by atoms with Gasteiger partial charge in [-0.1, -0.05) is 12.1 Å². The van der Waals surface area contributed by atoms with Crippen molar-refractivity contribution in [1.29, 1.82) is 0 Å². The van der Waals surface area contributed by atoms with Crippen LogP contribution in [0.1, 0.15) is 0 Å². The number of ether oxygens (including phenoxy) is 1. The number of nitrogens with zero attached hydrogens (tertiary/aromatic N) is 4. The highest BCUT2D eigenvalue weighted by Gasteiger charge is 2.13. The first-order valence-electron chi connectivity index (χ1n) is 5.83. The fraction of sp³-hybridized carbons (Fsp3) is 0.0769. The Balaban J connectivity index is 2.15. The molecule has 0 bridgehead atoms. The molecule has 1 aromatic carbocycles. The number of nitro groups is 1. The van der Waals surface area contributed by atoms with Crippen LogP contribution in [0.2, 0.25) is 0 Å². The molecule has 2 heterocycles. The lowest BCUT2D eigenvalue weighted by Gasteiger charge is -2.03. The van der Waals surface area contributed by atoms with Crippen LogP contribution in [0.25, 0.3) is 17.0 Å². The van der Waals surface area contributed by atoms with E-state index in [0.717, 1.165) is 5.56 Å². The van der Waals surface area contributed by atoms with E-state index in [-0.39, 0.29) is 5.69 Å². The van der Waals surface area contributed by atoms with E-state index in [1.165, 1.54) is 16.8 Å². The average molecular weight is 270 g/mol. The zero-order chi connectivity index (χ0) is 14.1. The van der Waals surface area contributed by atoms with E-state index in [9.17, 15) is 10.1 Å². The zero-order valence-electron chi connectivity index (χ0n) is 10.6. The molecule has 0 spiro atoms. The summed E-state index contributed by atoms with van der Waals surface area (Å²) in [7, 11) is 1.57. The summed E-state index contributed by atoms with van der Waals surface area (Å²) in [6.07, 6.45) is 1.33. The van der Waals surface area contributed by atoms with E-state index in [1.54, 1.807) is 13.2 Å². The van der Waals surface area contributed by atoms with Crippen LogP contribution in [0.5, 0.6) is 5.75 Å². The Morgan fingerprint density at radius 2 is 2.05 bits per heavy atom. The first-order chi connectivity index (χ1) is 9.69. The van der Waals surface area contributed by atoms with E-state index < -0.39 is 4.92 Å². The van der Waals surface area contributed by atoms with Gasteiger partial charge in [0.05, 0.1) is 17.6 Å². The summed E-state index contributed by atoms with van der Waals surface area (Å²) < 4.78 is 6.65. The van der Waals surface area contributed by atoms with Crippen LogP contribution in [0.15, 0.2) is 42.6 Å². The number of rotatable bonds is 3. The van der Waals surface area contributed by atoms with Gasteiger partial charge in [-0.25, -0.2) is 9.50 Å². The molecule has 0 fully saturated rings. The number of benzene rings is 1. The number of fused-ring (bicyclic) bond motifs is 1. The van der Waals surface area contributed by atoms with Crippen molar-refractivity contribution in [3.8, 4) is 17.1 Å². The van der Waals surface area contributed by atoms with E-state index in [4.69, 9.17) is 4.74 Å². The summed E-state index contributed by atoms with van der Waals surface area (Å²) in [5.41, 5.74) is 1.24. The minimum atomic E-state index is -0.468. The van der Waals surface area contributed by atoms with Crippen LogP contribution >= 0.6 is 0 Å². The number of aromatic nitrogens is 3. The van der Waals surface area contributed by atoms with Crippen molar-refractivity contribution >= 4 is 11.3 Å². The van der Waals surface area contributed by atoms with Crippen LogP contribution < -0.4 is 4.74 Å². The van der Waals surface area contributed by atoms with E-state index in [0.29, 0.717) is 17.2 Å². The molecular weight excluding hydrogens is 260 g/mol. The second-order valence-corrected chi connectivity index (χ2v) is 4.08. The van der Waals surface area contributed by atoms with Gasteiger partial charge in [-0.3, -0.25) is 10.1 Å². The lowest BCUT2D eigenvalue weighted by molar-refractivity contribution is -0.385. The molecule has 0 aliphatic rings. The molecule has 0 saturated heterocycles. The van der Waals surface area contributed by atoms with Crippen LogP contribution in [0.4, 0.5) is 5.69 Å². The summed E-state index contributed by atoms with van der Waals surface area (Å²) in [6.45, 7) is 0. The van der Waals surface area contributed by atoms with E-state index in [1.807, 2.05) is 24.3 Å². The Kier molecular flexibility index (Phi) is 2.79. The number of para-hydroxylation sites is 1. The van der Waals surface area contributed by atoms with Crippen LogP contribution in [-0.2, 0) is 0 Å². The SMILES string of the molecule is COc1ccccc1-c1nc2ccc([N+](=O)[O-])cn2n1. The number of methoxy groups -OCH3 is 1. The minimum Gasteiger partial charge on any atom is -0.496 e. The largest absolute Gasteiger partial charge is 0.496 e. The highest BCUT2D eigenvalue weighted by Crippen LogP contribution is 2.27. The molecule has 7 nitrogen and oxygen atoms in total. The lowest BCUT2D eigenvalue weighted by Crippen LogP contribution is -1.93. The predicted octanol–water partition coefficient (Wildman–Crippen LogP) is 2.31. The highest BCUT2D eigenvalue weighted by molar-refractivity contribution is 5.65.